The van der Waals surface area contributed by atoms with Crippen molar-refractivity contribution in [1.82, 2.24) is 9.88 Å². The average molecular weight is 583 g/mol. The molecule has 5 heteroatoms. The third-order valence-electron chi connectivity index (χ3n) is 8.48. The molecule has 4 nitrogen and oxygen atoms in total. The first-order chi connectivity index (χ1) is 21.8. The van der Waals surface area contributed by atoms with E-state index in [1.54, 1.807) is 0 Å². The van der Waals surface area contributed by atoms with Crippen LogP contribution in [-0.4, -0.2) is 16.2 Å². The van der Waals surface area contributed by atoms with E-state index in [2.05, 4.69) is 149 Å². The molecule has 9 rings (SSSR count). The molecule has 6 aromatic carbocycles. The van der Waals surface area contributed by atoms with E-state index in [1.807, 2.05) is 17.4 Å². The van der Waals surface area contributed by atoms with Crippen molar-refractivity contribution in [2.24, 2.45) is 9.98 Å². The lowest BCUT2D eigenvalue weighted by Crippen LogP contribution is -2.37. The van der Waals surface area contributed by atoms with E-state index in [9.17, 15) is 0 Å². The fraction of sp³-hybridized carbons (Fsp3) is 0.0256. The third kappa shape index (κ3) is 3.98. The van der Waals surface area contributed by atoms with Gasteiger partial charge in [0.2, 0.25) is 6.29 Å². The van der Waals surface area contributed by atoms with Crippen LogP contribution in [0.2, 0.25) is 0 Å². The number of aliphatic imine (C=N–C) groups is 2. The Balaban J connectivity index is 1.31. The summed E-state index contributed by atoms with van der Waals surface area (Å²) in [5.41, 5.74) is 6.69. The number of nitrogens with zero attached hydrogens (tertiary/aromatic N) is 3. The van der Waals surface area contributed by atoms with Crippen LogP contribution in [0, 0.1) is 0 Å². The highest BCUT2D eigenvalue weighted by Gasteiger charge is 2.25. The summed E-state index contributed by atoms with van der Waals surface area (Å²) in [5, 5.41) is 8.55. The molecule has 0 radical (unpaired) electrons. The van der Waals surface area contributed by atoms with Crippen molar-refractivity contribution in [2.45, 2.75) is 6.29 Å². The molecule has 0 fully saturated rings. The highest BCUT2D eigenvalue weighted by molar-refractivity contribution is 7.26. The molecule has 1 unspecified atom stereocenters. The molecule has 0 saturated heterocycles. The van der Waals surface area contributed by atoms with Gasteiger partial charge < -0.3 is 5.32 Å². The third-order valence-corrected chi connectivity index (χ3v) is 9.70. The number of aromatic nitrogens is 1. The summed E-state index contributed by atoms with van der Waals surface area (Å²) < 4.78 is 4.80. The molecule has 2 aromatic heterocycles. The summed E-state index contributed by atoms with van der Waals surface area (Å²) in [5.74, 6) is 1.63. The zero-order valence-electron chi connectivity index (χ0n) is 23.7. The van der Waals surface area contributed by atoms with Crippen molar-refractivity contribution in [2.75, 3.05) is 0 Å². The number of rotatable bonds is 4. The van der Waals surface area contributed by atoms with Gasteiger partial charge in [-0.15, -0.1) is 11.3 Å². The standard InChI is InChI=1S/C39H26N4S/c1-3-12-25(13-4-1)27-22-23-29-28-16-7-9-20-33(28)43(34(29)24-27)39-41-37(26-14-5-2-6-15-26)40-38(42-39)32-19-11-18-31-30-17-8-10-21-35(30)44-36(31)32/h1-24,39H,(H,40,41,42). The summed E-state index contributed by atoms with van der Waals surface area (Å²) in [7, 11) is 0. The van der Waals surface area contributed by atoms with Crippen LogP contribution >= 0.6 is 11.3 Å². The first-order valence-electron chi connectivity index (χ1n) is 14.8. The van der Waals surface area contributed by atoms with Crippen molar-refractivity contribution in [3.05, 3.63) is 157 Å². The van der Waals surface area contributed by atoms with E-state index >= 15 is 0 Å². The summed E-state index contributed by atoms with van der Waals surface area (Å²) in [6.45, 7) is 0. The summed E-state index contributed by atoms with van der Waals surface area (Å²) in [4.78, 5) is 10.7. The van der Waals surface area contributed by atoms with E-state index in [0.29, 0.717) is 0 Å². The van der Waals surface area contributed by atoms with E-state index in [4.69, 9.17) is 9.98 Å². The predicted octanol–water partition coefficient (Wildman–Crippen LogP) is 9.78. The molecule has 8 aromatic rings. The Bertz CT molecular complexity index is 2420. The molecule has 44 heavy (non-hydrogen) atoms. The topological polar surface area (TPSA) is 41.7 Å². The first kappa shape index (κ1) is 25.0. The van der Waals surface area contributed by atoms with Crippen molar-refractivity contribution < 1.29 is 0 Å². The normalized spacial score (nSPS) is 15.0. The Hall–Kier alpha value is -5.52. The lowest BCUT2D eigenvalue weighted by atomic mass is 10.0. The molecular formula is C39H26N4S. The van der Waals surface area contributed by atoms with Crippen LogP contribution in [-0.2, 0) is 0 Å². The van der Waals surface area contributed by atoms with E-state index in [1.165, 1.54) is 42.1 Å². The lowest BCUT2D eigenvalue weighted by Gasteiger charge is -2.24. The zero-order chi connectivity index (χ0) is 29.0. The van der Waals surface area contributed by atoms with Gasteiger partial charge in [0.05, 0.1) is 11.0 Å². The van der Waals surface area contributed by atoms with Crippen LogP contribution in [0.25, 0.3) is 53.1 Å². The summed E-state index contributed by atoms with van der Waals surface area (Å²) in [6, 6.07) is 51.4. The smallest absolute Gasteiger partial charge is 0.224 e. The van der Waals surface area contributed by atoms with Crippen molar-refractivity contribution >= 4 is 65.0 Å². The van der Waals surface area contributed by atoms with Crippen LogP contribution in [0.1, 0.15) is 17.4 Å². The number of para-hydroxylation sites is 1. The number of hydrogen-bond donors (Lipinski definition) is 1. The van der Waals surface area contributed by atoms with Gasteiger partial charge in [0.15, 0.2) is 0 Å². The molecule has 1 atom stereocenters. The predicted molar refractivity (Wildman–Crippen MR) is 186 cm³/mol. The Labute approximate surface area is 258 Å². The number of fused-ring (bicyclic) bond motifs is 6. The maximum atomic E-state index is 5.38. The fourth-order valence-corrected chi connectivity index (χ4v) is 7.64. The van der Waals surface area contributed by atoms with Crippen LogP contribution in [0.3, 0.4) is 0 Å². The van der Waals surface area contributed by atoms with E-state index < -0.39 is 6.29 Å². The van der Waals surface area contributed by atoms with Crippen LogP contribution in [0.5, 0.6) is 0 Å². The van der Waals surface area contributed by atoms with Gasteiger partial charge >= 0.3 is 0 Å². The minimum Gasteiger partial charge on any atom is -0.324 e. The molecule has 208 valence electrons. The van der Waals surface area contributed by atoms with E-state index in [-0.39, 0.29) is 0 Å². The molecule has 1 aliphatic rings. The minimum atomic E-state index is -0.500. The van der Waals surface area contributed by atoms with Crippen LogP contribution in [0.15, 0.2) is 156 Å². The highest BCUT2D eigenvalue weighted by atomic mass is 32.1. The Morgan fingerprint density at radius 2 is 1.16 bits per heavy atom. The number of thiophene rings is 1. The molecule has 0 spiro atoms. The highest BCUT2D eigenvalue weighted by Crippen LogP contribution is 2.39. The van der Waals surface area contributed by atoms with Crippen molar-refractivity contribution in [3.8, 4) is 11.1 Å². The van der Waals surface area contributed by atoms with E-state index in [0.717, 1.165) is 33.8 Å². The van der Waals surface area contributed by atoms with Crippen molar-refractivity contribution in [3.63, 3.8) is 0 Å². The lowest BCUT2D eigenvalue weighted by molar-refractivity contribution is 0.575. The second kappa shape index (κ2) is 10.0. The van der Waals surface area contributed by atoms with Gasteiger partial charge in [0.25, 0.3) is 0 Å². The molecule has 0 saturated carbocycles. The number of hydrogen-bond acceptors (Lipinski definition) is 4. The summed E-state index contributed by atoms with van der Waals surface area (Å²) >= 11 is 1.81. The monoisotopic (exact) mass is 582 g/mol. The van der Waals surface area contributed by atoms with Gasteiger partial charge in [-0.1, -0.05) is 121 Å². The molecule has 1 N–H and O–H groups in total. The first-order valence-corrected chi connectivity index (χ1v) is 15.6. The molecule has 1 aliphatic heterocycles. The van der Waals surface area contributed by atoms with Crippen LogP contribution < -0.4 is 5.32 Å². The second-order valence-electron chi connectivity index (χ2n) is 11.1. The Kier molecular flexibility index (Phi) is 5.71. The maximum absolute atomic E-state index is 5.38. The number of nitrogens with one attached hydrogen (secondary N) is 1. The maximum Gasteiger partial charge on any atom is 0.224 e. The molecule has 0 amide bonds. The SMILES string of the molecule is c1ccc(C2=NC(n3c4ccccc4c4ccc(-c5ccccc5)cc43)N=C(c3cccc4c3sc3ccccc34)N2)cc1. The van der Waals surface area contributed by atoms with Gasteiger partial charge in [-0.2, -0.15) is 0 Å². The molecule has 0 aliphatic carbocycles. The summed E-state index contributed by atoms with van der Waals surface area (Å²) in [6.07, 6.45) is -0.500. The largest absolute Gasteiger partial charge is 0.324 e. The van der Waals surface area contributed by atoms with Gasteiger partial charge in [0.1, 0.15) is 11.7 Å². The Morgan fingerprint density at radius 1 is 0.500 bits per heavy atom. The van der Waals surface area contributed by atoms with Gasteiger partial charge in [-0.3, -0.25) is 4.57 Å². The minimum absolute atomic E-state index is 0.500. The van der Waals surface area contributed by atoms with Crippen LogP contribution in [0.4, 0.5) is 0 Å². The number of amidine groups is 2. The fourth-order valence-electron chi connectivity index (χ4n) is 6.42. The van der Waals surface area contributed by atoms with Gasteiger partial charge in [-0.05, 0) is 35.4 Å². The molecule has 0 bridgehead atoms. The quantitative estimate of drug-likeness (QED) is 0.220. The van der Waals surface area contributed by atoms with Gasteiger partial charge in [-0.25, -0.2) is 9.98 Å². The molecule has 3 heterocycles. The zero-order valence-corrected chi connectivity index (χ0v) is 24.5. The Morgan fingerprint density at radius 3 is 2.00 bits per heavy atom. The number of benzene rings is 6. The van der Waals surface area contributed by atoms with Crippen molar-refractivity contribution in [1.29, 1.82) is 0 Å². The second-order valence-corrected chi connectivity index (χ2v) is 12.1. The molecular weight excluding hydrogens is 557 g/mol. The average Bonchev–Trinajstić information content (AvgIpc) is 3.64. The van der Waals surface area contributed by atoms with Gasteiger partial charge in [0, 0.05) is 42.1 Å².